The molecule has 0 saturated carbocycles. The first-order valence-electron chi connectivity index (χ1n) is 10.7. The predicted molar refractivity (Wildman–Crippen MR) is 121 cm³/mol. The minimum atomic E-state index is -0.612. The van der Waals surface area contributed by atoms with Gasteiger partial charge in [0.25, 0.3) is 5.91 Å². The van der Waals surface area contributed by atoms with Crippen molar-refractivity contribution in [2.24, 2.45) is 5.92 Å². The van der Waals surface area contributed by atoms with Gasteiger partial charge in [-0.2, -0.15) is 0 Å². The SMILES string of the molecule is CC(C)C(NC(=O)Nc1ccccc1)C(=O)N1CCC(NC(=O)c2ccccc2)CC1. The van der Waals surface area contributed by atoms with Crippen molar-refractivity contribution in [2.45, 2.75) is 38.8 Å². The highest BCUT2D eigenvalue weighted by molar-refractivity contribution is 5.95. The summed E-state index contributed by atoms with van der Waals surface area (Å²) >= 11 is 0. The number of nitrogens with zero attached hydrogens (tertiary/aromatic N) is 1. The van der Waals surface area contributed by atoms with E-state index < -0.39 is 12.1 Å². The minimum Gasteiger partial charge on any atom is -0.349 e. The number of carbonyl (C=O) groups excluding carboxylic acids is 3. The van der Waals surface area contributed by atoms with Crippen LogP contribution < -0.4 is 16.0 Å². The Morgan fingerprint density at radius 1 is 0.903 bits per heavy atom. The van der Waals surface area contributed by atoms with E-state index in [1.54, 1.807) is 29.2 Å². The Morgan fingerprint density at radius 2 is 1.48 bits per heavy atom. The highest BCUT2D eigenvalue weighted by atomic mass is 16.2. The maximum absolute atomic E-state index is 13.1. The topological polar surface area (TPSA) is 90.5 Å². The Hall–Kier alpha value is -3.35. The number of hydrogen-bond acceptors (Lipinski definition) is 3. The monoisotopic (exact) mass is 422 g/mol. The molecule has 0 radical (unpaired) electrons. The first-order valence-corrected chi connectivity index (χ1v) is 10.7. The number of anilines is 1. The van der Waals surface area contributed by atoms with E-state index in [2.05, 4.69) is 16.0 Å². The molecule has 1 unspecified atom stereocenters. The molecule has 164 valence electrons. The number of piperidine rings is 1. The summed E-state index contributed by atoms with van der Waals surface area (Å²) in [4.78, 5) is 39.6. The number of benzene rings is 2. The van der Waals surface area contributed by atoms with Crippen molar-refractivity contribution in [3.05, 3.63) is 66.2 Å². The van der Waals surface area contributed by atoms with Crippen molar-refractivity contribution < 1.29 is 14.4 Å². The third kappa shape index (κ3) is 6.31. The number of rotatable bonds is 6. The summed E-state index contributed by atoms with van der Waals surface area (Å²) in [5.74, 6) is -0.236. The van der Waals surface area contributed by atoms with E-state index in [0.717, 1.165) is 0 Å². The maximum atomic E-state index is 13.1. The second-order valence-electron chi connectivity index (χ2n) is 8.13. The molecule has 2 aromatic rings. The first kappa shape index (κ1) is 22.3. The van der Waals surface area contributed by atoms with Crippen LogP contribution in [0.25, 0.3) is 0 Å². The molecule has 1 heterocycles. The van der Waals surface area contributed by atoms with E-state index in [1.165, 1.54) is 0 Å². The van der Waals surface area contributed by atoms with E-state index in [1.807, 2.05) is 50.2 Å². The van der Waals surface area contributed by atoms with Gasteiger partial charge in [-0.25, -0.2) is 4.79 Å². The summed E-state index contributed by atoms with van der Waals surface area (Å²) in [5, 5.41) is 8.63. The van der Waals surface area contributed by atoms with Gasteiger partial charge in [0.2, 0.25) is 5.91 Å². The predicted octanol–water partition coefficient (Wildman–Crippen LogP) is 3.25. The van der Waals surface area contributed by atoms with Crippen LogP contribution in [0, 0.1) is 5.92 Å². The van der Waals surface area contributed by atoms with Gasteiger partial charge in [0.1, 0.15) is 6.04 Å². The number of carbonyl (C=O) groups is 3. The van der Waals surface area contributed by atoms with Crippen molar-refractivity contribution in [1.82, 2.24) is 15.5 Å². The highest BCUT2D eigenvalue weighted by Crippen LogP contribution is 2.15. The second kappa shape index (κ2) is 10.6. The molecule has 4 amide bonds. The molecule has 3 rings (SSSR count). The summed E-state index contributed by atoms with van der Waals surface area (Å²) in [5.41, 5.74) is 1.31. The van der Waals surface area contributed by atoms with E-state index in [9.17, 15) is 14.4 Å². The lowest BCUT2D eigenvalue weighted by atomic mass is 9.99. The minimum absolute atomic E-state index is 0.0311. The molecule has 1 saturated heterocycles. The summed E-state index contributed by atoms with van der Waals surface area (Å²) in [6, 6.07) is 17.3. The van der Waals surface area contributed by atoms with E-state index >= 15 is 0 Å². The van der Waals surface area contributed by atoms with Crippen LogP contribution in [-0.4, -0.2) is 47.9 Å². The summed E-state index contributed by atoms with van der Waals surface area (Å²) in [7, 11) is 0. The van der Waals surface area contributed by atoms with Crippen LogP contribution >= 0.6 is 0 Å². The Labute approximate surface area is 183 Å². The number of amides is 4. The van der Waals surface area contributed by atoms with Crippen LogP contribution in [0.2, 0.25) is 0 Å². The van der Waals surface area contributed by atoms with Crippen LogP contribution in [-0.2, 0) is 4.79 Å². The van der Waals surface area contributed by atoms with Gasteiger partial charge in [0.05, 0.1) is 0 Å². The van der Waals surface area contributed by atoms with Gasteiger partial charge in [-0.1, -0.05) is 50.2 Å². The Bertz CT molecular complexity index is 878. The molecule has 7 heteroatoms. The van der Waals surface area contributed by atoms with Gasteiger partial charge in [0, 0.05) is 30.4 Å². The van der Waals surface area contributed by atoms with Gasteiger partial charge < -0.3 is 20.9 Å². The van der Waals surface area contributed by atoms with Crippen LogP contribution in [0.3, 0.4) is 0 Å². The summed E-state index contributed by atoms with van der Waals surface area (Å²) < 4.78 is 0. The molecular weight excluding hydrogens is 392 g/mol. The third-order valence-corrected chi connectivity index (χ3v) is 5.43. The highest BCUT2D eigenvalue weighted by Gasteiger charge is 2.31. The third-order valence-electron chi connectivity index (χ3n) is 5.43. The molecule has 0 aromatic heterocycles. The molecule has 1 fully saturated rings. The van der Waals surface area contributed by atoms with Crippen LogP contribution in [0.4, 0.5) is 10.5 Å². The lowest BCUT2D eigenvalue weighted by Crippen LogP contribution is -2.55. The van der Waals surface area contributed by atoms with E-state index in [-0.39, 0.29) is 23.8 Å². The number of likely N-dealkylation sites (tertiary alicyclic amines) is 1. The van der Waals surface area contributed by atoms with Crippen molar-refractivity contribution in [3.63, 3.8) is 0 Å². The van der Waals surface area contributed by atoms with Gasteiger partial charge in [0.15, 0.2) is 0 Å². The van der Waals surface area contributed by atoms with Crippen molar-refractivity contribution in [3.8, 4) is 0 Å². The van der Waals surface area contributed by atoms with Crippen molar-refractivity contribution in [2.75, 3.05) is 18.4 Å². The zero-order valence-electron chi connectivity index (χ0n) is 18.0. The van der Waals surface area contributed by atoms with Gasteiger partial charge in [-0.3, -0.25) is 9.59 Å². The lowest BCUT2D eigenvalue weighted by Gasteiger charge is -2.35. The number of nitrogens with one attached hydrogen (secondary N) is 3. The first-order chi connectivity index (χ1) is 14.9. The standard InChI is InChI=1S/C24H30N4O3/c1-17(2)21(27-24(31)26-19-11-7-4-8-12-19)23(30)28-15-13-20(14-16-28)25-22(29)18-9-5-3-6-10-18/h3-12,17,20-21H,13-16H2,1-2H3,(H,25,29)(H2,26,27,31). The molecule has 1 aliphatic rings. The van der Waals surface area contributed by atoms with Crippen molar-refractivity contribution >= 4 is 23.5 Å². The molecule has 0 bridgehead atoms. The molecule has 7 nitrogen and oxygen atoms in total. The maximum Gasteiger partial charge on any atom is 0.319 e. The molecule has 2 aromatic carbocycles. The molecule has 0 spiro atoms. The normalized spacial score (nSPS) is 15.3. The quantitative estimate of drug-likeness (QED) is 0.667. The molecule has 1 atom stereocenters. The summed E-state index contributed by atoms with van der Waals surface area (Å²) in [6.07, 6.45) is 1.37. The Morgan fingerprint density at radius 3 is 2.06 bits per heavy atom. The largest absolute Gasteiger partial charge is 0.349 e. The van der Waals surface area contributed by atoms with E-state index in [0.29, 0.717) is 37.2 Å². The lowest BCUT2D eigenvalue weighted by molar-refractivity contribution is -0.135. The average molecular weight is 423 g/mol. The molecule has 3 N–H and O–H groups in total. The average Bonchev–Trinajstić information content (AvgIpc) is 2.78. The zero-order valence-corrected chi connectivity index (χ0v) is 18.0. The molecule has 31 heavy (non-hydrogen) atoms. The number of para-hydroxylation sites is 1. The fourth-order valence-corrected chi connectivity index (χ4v) is 3.64. The second-order valence-corrected chi connectivity index (χ2v) is 8.13. The Balaban J connectivity index is 1.51. The van der Waals surface area contributed by atoms with Crippen LogP contribution in [0.1, 0.15) is 37.0 Å². The van der Waals surface area contributed by atoms with Crippen LogP contribution in [0.5, 0.6) is 0 Å². The fraction of sp³-hybridized carbons (Fsp3) is 0.375. The van der Waals surface area contributed by atoms with Gasteiger partial charge in [-0.05, 0) is 43.0 Å². The smallest absolute Gasteiger partial charge is 0.319 e. The summed E-state index contributed by atoms with van der Waals surface area (Å²) in [6.45, 7) is 4.92. The van der Waals surface area contributed by atoms with E-state index in [4.69, 9.17) is 0 Å². The van der Waals surface area contributed by atoms with Gasteiger partial charge >= 0.3 is 6.03 Å². The molecule has 0 aliphatic carbocycles. The van der Waals surface area contributed by atoms with Crippen molar-refractivity contribution in [1.29, 1.82) is 0 Å². The zero-order chi connectivity index (χ0) is 22.2. The molecular formula is C24H30N4O3. The van der Waals surface area contributed by atoms with Crippen LogP contribution in [0.15, 0.2) is 60.7 Å². The molecule has 1 aliphatic heterocycles. The fourth-order valence-electron chi connectivity index (χ4n) is 3.64. The van der Waals surface area contributed by atoms with Gasteiger partial charge in [-0.15, -0.1) is 0 Å². The number of urea groups is 1. The Kier molecular flexibility index (Phi) is 7.65. The number of hydrogen-bond donors (Lipinski definition) is 3.